The monoisotopic (exact) mass is 448 g/mol. The molecule has 0 aliphatic rings. The molecule has 1 unspecified atom stereocenters. The van der Waals surface area contributed by atoms with E-state index in [4.69, 9.17) is 11.6 Å². The van der Waals surface area contributed by atoms with Gasteiger partial charge in [-0.25, -0.2) is 0 Å². The smallest absolute Gasteiger partial charge is 0.0737 e. The Hall–Kier alpha value is -2.69. The number of hydrogen-bond acceptors (Lipinski definition) is 4. The van der Waals surface area contributed by atoms with E-state index in [2.05, 4.69) is 53.1 Å². The van der Waals surface area contributed by atoms with Crippen molar-refractivity contribution in [2.75, 3.05) is 25.0 Å². The lowest BCUT2D eigenvalue weighted by atomic mass is 10.1. The molecule has 0 spiro atoms. The number of hydrogen-bond donors (Lipinski definition) is 1. The highest BCUT2D eigenvalue weighted by Crippen LogP contribution is 2.25. The number of anilines is 1. The van der Waals surface area contributed by atoms with Gasteiger partial charge in [-0.05, 0) is 75.8 Å². The highest BCUT2D eigenvalue weighted by Gasteiger charge is 2.07. The molecule has 4 aromatic rings. The minimum Gasteiger partial charge on any atom is -0.382 e. The minimum absolute atomic E-state index is 0.442. The molecule has 4 nitrogen and oxygen atoms in total. The summed E-state index contributed by atoms with van der Waals surface area (Å²) in [5.74, 6) is 0. The lowest BCUT2D eigenvalue weighted by Gasteiger charge is -2.20. The maximum atomic E-state index is 6.04. The Bertz CT molecular complexity index is 1050. The summed E-state index contributed by atoms with van der Waals surface area (Å²) in [4.78, 5) is 11.0. The van der Waals surface area contributed by atoms with Gasteiger partial charge < -0.3 is 10.2 Å². The maximum absolute atomic E-state index is 6.04. The summed E-state index contributed by atoms with van der Waals surface area (Å²) in [7, 11) is 0. The van der Waals surface area contributed by atoms with E-state index >= 15 is 0 Å². The molecule has 0 aliphatic heterocycles. The van der Waals surface area contributed by atoms with Crippen molar-refractivity contribution >= 4 is 39.1 Å². The zero-order chi connectivity index (χ0) is 22.8. The second-order valence-electron chi connectivity index (χ2n) is 7.93. The predicted molar refractivity (Wildman–Crippen MR) is 139 cm³/mol. The Morgan fingerprint density at radius 1 is 0.906 bits per heavy atom. The van der Waals surface area contributed by atoms with Gasteiger partial charge in [0.15, 0.2) is 0 Å². The predicted octanol–water partition coefficient (Wildman–Crippen LogP) is 7.05. The maximum Gasteiger partial charge on any atom is 0.0737 e. The number of nitrogens with zero attached hydrogens (tertiary/aromatic N) is 3. The van der Waals surface area contributed by atoms with Crippen LogP contribution in [0.5, 0.6) is 0 Å². The lowest BCUT2D eigenvalue weighted by molar-refractivity contribution is 0.295. The molecule has 0 saturated heterocycles. The fraction of sp³-hybridized carbons (Fsp3) is 0.333. The van der Waals surface area contributed by atoms with Crippen LogP contribution in [0.25, 0.3) is 21.8 Å². The quantitative estimate of drug-likeness (QED) is 0.313. The molecule has 2 heterocycles. The second kappa shape index (κ2) is 12.4. The molecular weight excluding hydrogens is 416 g/mol. The van der Waals surface area contributed by atoms with Gasteiger partial charge in [0, 0.05) is 39.9 Å². The van der Waals surface area contributed by atoms with Crippen molar-refractivity contribution in [1.29, 1.82) is 0 Å². The Balaban J connectivity index is 0.000000238. The Kier molecular flexibility index (Phi) is 9.27. The van der Waals surface area contributed by atoms with Crippen molar-refractivity contribution in [3.05, 3.63) is 78.1 Å². The van der Waals surface area contributed by atoms with Crippen LogP contribution in [-0.4, -0.2) is 40.5 Å². The zero-order valence-electron chi connectivity index (χ0n) is 19.3. The molecule has 0 fully saturated rings. The molecule has 0 amide bonds. The van der Waals surface area contributed by atoms with E-state index in [0.29, 0.717) is 6.04 Å². The van der Waals surface area contributed by atoms with Crippen molar-refractivity contribution in [2.24, 2.45) is 0 Å². The molecule has 1 atom stereocenters. The molecule has 0 radical (unpaired) electrons. The number of aromatic nitrogens is 2. The molecule has 32 heavy (non-hydrogen) atoms. The van der Waals surface area contributed by atoms with Gasteiger partial charge in [-0.3, -0.25) is 9.97 Å². The molecule has 1 N–H and O–H groups in total. The molecular formula is C27H33ClN4. The van der Waals surface area contributed by atoms with Crippen molar-refractivity contribution in [1.82, 2.24) is 14.9 Å². The molecule has 0 bridgehead atoms. The average Bonchev–Trinajstić information content (AvgIpc) is 2.82. The summed E-state index contributed by atoms with van der Waals surface area (Å²) in [5, 5.41) is 6.67. The van der Waals surface area contributed by atoms with E-state index < -0.39 is 0 Å². The molecule has 0 aliphatic carbocycles. The molecule has 4 rings (SSSR count). The molecule has 168 valence electrons. The molecule has 0 saturated carbocycles. The van der Waals surface area contributed by atoms with Crippen LogP contribution < -0.4 is 5.32 Å². The van der Waals surface area contributed by atoms with Crippen LogP contribution in [0.4, 0.5) is 5.69 Å². The van der Waals surface area contributed by atoms with E-state index in [0.717, 1.165) is 46.6 Å². The molecule has 2 aromatic carbocycles. The first-order valence-corrected chi connectivity index (χ1v) is 11.8. The van der Waals surface area contributed by atoms with Crippen LogP contribution in [0.3, 0.4) is 0 Å². The van der Waals surface area contributed by atoms with E-state index in [1.807, 2.05) is 60.9 Å². The van der Waals surface area contributed by atoms with Gasteiger partial charge >= 0.3 is 0 Å². The van der Waals surface area contributed by atoms with Crippen LogP contribution in [0.2, 0.25) is 5.02 Å². The number of rotatable bonds is 8. The number of fused-ring (bicyclic) bond motifs is 2. The van der Waals surface area contributed by atoms with Crippen LogP contribution in [0.1, 0.15) is 33.6 Å². The first-order chi connectivity index (χ1) is 15.6. The van der Waals surface area contributed by atoms with Crippen LogP contribution in [-0.2, 0) is 0 Å². The topological polar surface area (TPSA) is 41.0 Å². The third-order valence-corrected chi connectivity index (χ3v) is 5.86. The van der Waals surface area contributed by atoms with Crippen molar-refractivity contribution in [3.63, 3.8) is 0 Å². The zero-order valence-corrected chi connectivity index (χ0v) is 20.0. The van der Waals surface area contributed by atoms with Gasteiger partial charge in [-0.15, -0.1) is 0 Å². The van der Waals surface area contributed by atoms with E-state index in [-0.39, 0.29) is 0 Å². The van der Waals surface area contributed by atoms with E-state index in [9.17, 15) is 0 Å². The highest BCUT2D eigenvalue weighted by molar-refractivity contribution is 6.31. The van der Waals surface area contributed by atoms with Gasteiger partial charge in [-0.2, -0.15) is 0 Å². The van der Waals surface area contributed by atoms with Crippen molar-refractivity contribution in [3.8, 4) is 0 Å². The summed E-state index contributed by atoms with van der Waals surface area (Å²) >= 11 is 6.04. The summed E-state index contributed by atoms with van der Waals surface area (Å²) in [6, 6.07) is 20.4. The summed E-state index contributed by atoms with van der Waals surface area (Å²) < 4.78 is 0. The van der Waals surface area contributed by atoms with Crippen molar-refractivity contribution in [2.45, 2.75) is 39.7 Å². The number of benzene rings is 2. The summed E-state index contributed by atoms with van der Waals surface area (Å²) in [5.41, 5.74) is 3.13. The van der Waals surface area contributed by atoms with Gasteiger partial charge in [0.25, 0.3) is 0 Å². The van der Waals surface area contributed by atoms with E-state index in [1.54, 1.807) is 0 Å². The fourth-order valence-electron chi connectivity index (χ4n) is 3.76. The first-order valence-electron chi connectivity index (χ1n) is 11.4. The molecule has 2 aromatic heterocycles. The van der Waals surface area contributed by atoms with Gasteiger partial charge in [0.2, 0.25) is 0 Å². The van der Waals surface area contributed by atoms with Gasteiger partial charge in [0.05, 0.1) is 11.0 Å². The standard InChI is InChI=1S/C18H26ClN3.C9H7N/c1-4-22(5-2)12-6-7-14(3)21-17-10-11-20-18-13-15(19)8-9-16(17)18;1-2-6-9-8(4-1)5-3-7-10-9/h8-11,13-14H,4-7,12H2,1-3H3,(H,20,21);1-7H. The number of pyridine rings is 2. The van der Waals surface area contributed by atoms with E-state index in [1.165, 1.54) is 18.4 Å². The Labute approximate surface area is 196 Å². The Morgan fingerprint density at radius 3 is 2.44 bits per heavy atom. The third-order valence-electron chi connectivity index (χ3n) is 5.62. The van der Waals surface area contributed by atoms with Gasteiger partial charge in [-0.1, -0.05) is 49.7 Å². The second-order valence-corrected chi connectivity index (χ2v) is 8.37. The number of nitrogens with one attached hydrogen (secondary N) is 1. The SMILES string of the molecule is CCN(CC)CCCC(C)Nc1ccnc2cc(Cl)ccc12.c1ccc2ncccc2c1. The first kappa shape index (κ1) is 24.0. The normalized spacial score (nSPS) is 11.9. The number of halogens is 1. The summed E-state index contributed by atoms with van der Waals surface area (Å²) in [6.45, 7) is 10.1. The largest absolute Gasteiger partial charge is 0.382 e. The number of para-hydroxylation sites is 1. The van der Waals surface area contributed by atoms with Crippen LogP contribution in [0.15, 0.2) is 73.1 Å². The highest BCUT2D eigenvalue weighted by atomic mass is 35.5. The van der Waals surface area contributed by atoms with Crippen LogP contribution in [0, 0.1) is 0 Å². The van der Waals surface area contributed by atoms with Crippen LogP contribution >= 0.6 is 11.6 Å². The van der Waals surface area contributed by atoms with Crippen molar-refractivity contribution < 1.29 is 0 Å². The van der Waals surface area contributed by atoms with Gasteiger partial charge in [0.1, 0.15) is 0 Å². The fourth-order valence-corrected chi connectivity index (χ4v) is 3.93. The lowest BCUT2D eigenvalue weighted by Crippen LogP contribution is -2.25. The Morgan fingerprint density at radius 2 is 1.66 bits per heavy atom. The average molecular weight is 449 g/mol. The molecule has 5 heteroatoms. The minimum atomic E-state index is 0.442. The third kappa shape index (κ3) is 6.91. The summed E-state index contributed by atoms with van der Waals surface area (Å²) in [6.07, 6.45) is 6.02.